The Morgan fingerprint density at radius 3 is 3.04 bits per heavy atom. The Balaban J connectivity index is 1.50. The summed E-state index contributed by atoms with van der Waals surface area (Å²) in [7, 11) is 0. The maximum absolute atomic E-state index is 12.5. The number of aryl methyl sites for hydroxylation is 1. The number of hydrogen-bond donors (Lipinski definition) is 2. The summed E-state index contributed by atoms with van der Waals surface area (Å²) < 4.78 is 0. The molecule has 1 amide bonds. The molecule has 2 aliphatic carbocycles. The van der Waals surface area contributed by atoms with Crippen LogP contribution in [0, 0.1) is 0 Å². The van der Waals surface area contributed by atoms with Gasteiger partial charge in [0.2, 0.25) is 0 Å². The lowest BCUT2D eigenvalue weighted by molar-refractivity contribution is 0.0190. The minimum Gasteiger partial charge on any atom is -0.383 e. The van der Waals surface area contributed by atoms with E-state index in [-0.39, 0.29) is 12.5 Å². The van der Waals surface area contributed by atoms with Crippen LogP contribution in [-0.4, -0.2) is 22.5 Å². The number of carbonyl (C=O) groups excluding carboxylic acids is 1. The summed E-state index contributed by atoms with van der Waals surface area (Å²) >= 11 is 1.39. The fraction of sp³-hybridized carbons (Fsp3) is 0.444. The van der Waals surface area contributed by atoms with E-state index < -0.39 is 5.60 Å². The summed E-state index contributed by atoms with van der Waals surface area (Å²) in [6.45, 7) is 0.255. The molecule has 1 heterocycles. The van der Waals surface area contributed by atoms with Crippen molar-refractivity contribution in [2.45, 2.75) is 43.6 Å². The van der Waals surface area contributed by atoms with Crippen LogP contribution < -0.4 is 5.32 Å². The van der Waals surface area contributed by atoms with Crippen molar-refractivity contribution in [2.75, 3.05) is 6.54 Å². The number of thiazole rings is 1. The third-order valence-corrected chi connectivity index (χ3v) is 5.70. The van der Waals surface area contributed by atoms with Crippen molar-refractivity contribution in [2.24, 2.45) is 0 Å². The van der Waals surface area contributed by atoms with Gasteiger partial charge in [0.1, 0.15) is 10.5 Å². The number of rotatable bonds is 4. The van der Waals surface area contributed by atoms with E-state index in [1.807, 2.05) is 18.2 Å². The van der Waals surface area contributed by atoms with Gasteiger partial charge in [0.05, 0.1) is 17.7 Å². The van der Waals surface area contributed by atoms with E-state index in [9.17, 15) is 9.90 Å². The molecule has 1 saturated carbocycles. The van der Waals surface area contributed by atoms with Gasteiger partial charge in [-0.3, -0.25) is 4.79 Å². The maximum atomic E-state index is 12.5. The van der Waals surface area contributed by atoms with Crippen molar-refractivity contribution >= 4 is 17.2 Å². The van der Waals surface area contributed by atoms with Crippen molar-refractivity contribution < 1.29 is 9.90 Å². The molecular weight excluding hydrogens is 308 g/mol. The molecule has 0 aliphatic heterocycles. The summed E-state index contributed by atoms with van der Waals surface area (Å²) in [5.41, 5.74) is 3.86. The smallest absolute Gasteiger partial charge is 0.263 e. The molecule has 0 radical (unpaired) electrons. The Morgan fingerprint density at radius 2 is 2.22 bits per heavy atom. The SMILES string of the molecule is O=C(NCC1(O)CCCc2ccccc21)c1scnc1C1CC1. The predicted octanol–water partition coefficient (Wildman–Crippen LogP) is 2.97. The van der Waals surface area contributed by atoms with Gasteiger partial charge in [-0.1, -0.05) is 24.3 Å². The van der Waals surface area contributed by atoms with Crippen molar-refractivity contribution in [3.05, 3.63) is 51.5 Å². The second-order valence-corrected chi connectivity index (χ2v) is 7.42. The predicted molar refractivity (Wildman–Crippen MR) is 89.7 cm³/mol. The minimum absolute atomic E-state index is 0.106. The van der Waals surface area contributed by atoms with Crippen LogP contribution in [0.2, 0.25) is 0 Å². The highest BCUT2D eigenvalue weighted by molar-refractivity contribution is 7.11. The number of amides is 1. The van der Waals surface area contributed by atoms with Gasteiger partial charge in [0.15, 0.2) is 0 Å². The van der Waals surface area contributed by atoms with Gasteiger partial charge in [-0.25, -0.2) is 4.98 Å². The van der Waals surface area contributed by atoms with Crippen LogP contribution in [-0.2, 0) is 12.0 Å². The molecule has 0 spiro atoms. The average Bonchev–Trinajstić information content (AvgIpc) is 3.30. The third-order valence-electron chi connectivity index (χ3n) is 4.86. The van der Waals surface area contributed by atoms with E-state index >= 15 is 0 Å². The van der Waals surface area contributed by atoms with E-state index in [1.165, 1.54) is 16.9 Å². The van der Waals surface area contributed by atoms with Gasteiger partial charge in [0.25, 0.3) is 5.91 Å². The Morgan fingerprint density at radius 1 is 1.39 bits per heavy atom. The van der Waals surface area contributed by atoms with Crippen molar-refractivity contribution in [1.82, 2.24) is 10.3 Å². The largest absolute Gasteiger partial charge is 0.383 e. The third kappa shape index (κ3) is 2.79. The topological polar surface area (TPSA) is 62.2 Å². The number of benzene rings is 1. The summed E-state index contributed by atoms with van der Waals surface area (Å²) in [4.78, 5) is 17.6. The molecule has 1 aromatic carbocycles. The maximum Gasteiger partial charge on any atom is 0.263 e. The van der Waals surface area contributed by atoms with Gasteiger partial charge in [0, 0.05) is 5.92 Å². The van der Waals surface area contributed by atoms with Gasteiger partial charge in [-0.2, -0.15) is 0 Å². The first-order chi connectivity index (χ1) is 11.2. The number of aliphatic hydroxyl groups is 1. The molecule has 23 heavy (non-hydrogen) atoms. The number of aromatic nitrogens is 1. The Labute approximate surface area is 139 Å². The van der Waals surface area contributed by atoms with E-state index in [0.29, 0.717) is 17.2 Å². The Hall–Kier alpha value is -1.72. The average molecular weight is 328 g/mol. The first kappa shape index (κ1) is 14.8. The van der Waals surface area contributed by atoms with Crippen molar-refractivity contribution in [3.63, 3.8) is 0 Å². The molecule has 0 bridgehead atoms. The fourth-order valence-corrected chi connectivity index (χ4v) is 4.25. The van der Waals surface area contributed by atoms with Crippen LogP contribution in [0.4, 0.5) is 0 Å². The van der Waals surface area contributed by atoms with Crippen LogP contribution in [0.5, 0.6) is 0 Å². The van der Waals surface area contributed by atoms with Crippen molar-refractivity contribution in [1.29, 1.82) is 0 Å². The van der Waals surface area contributed by atoms with Crippen LogP contribution in [0.1, 0.15) is 58.1 Å². The highest BCUT2D eigenvalue weighted by Crippen LogP contribution is 2.42. The molecule has 2 aliphatic rings. The standard InChI is InChI=1S/C18H20N2O2S/c21-17(16-15(13-7-8-13)20-11-23-16)19-10-18(22)9-3-5-12-4-1-2-6-14(12)18/h1-2,4,6,11,13,22H,3,5,7-10H2,(H,19,21). The lowest BCUT2D eigenvalue weighted by Crippen LogP contribution is -2.43. The lowest BCUT2D eigenvalue weighted by Gasteiger charge is -2.34. The fourth-order valence-electron chi connectivity index (χ4n) is 3.46. The molecule has 2 N–H and O–H groups in total. The zero-order valence-corrected chi connectivity index (χ0v) is 13.7. The van der Waals surface area contributed by atoms with Crippen LogP contribution >= 0.6 is 11.3 Å². The molecule has 4 nitrogen and oxygen atoms in total. The highest BCUT2D eigenvalue weighted by Gasteiger charge is 2.35. The zero-order chi connectivity index (χ0) is 15.9. The van der Waals surface area contributed by atoms with Crippen LogP contribution in [0.15, 0.2) is 29.8 Å². The Bertz CT molecular complexity index is 738. The molecule has 4 rings (SSSR count). The summed E-state index contributed by atoms with van der Waals surface area (Å²) in [6, 6.07) is 7.99. The zero-order valence-electron chi connectivity index (χ0n) is 12.9. The molecule has 2 aromatic rings. The number of nitrogens with zero attached hydrogens (tertiary/aromatic N) is 1. The number of fused-ring (bicyclic) bond motifs is 1. The summed E-state index contributed by atoms with van der Waals surface area (Å²) in [5.74, 6) is 0.353. The van der Waals surface area contributed by atoms with E-state index in [1.54, 1.807) is 5.51 Å². The first-order valence-electron chi connectivity index (χ1n) is 8.20. The number of nitrogens with one attached hydrogen (secondary N) is 1. The van der Waals surface area contributed by atoms with Crippen LogP contribution in [0.3, 0.4) is 0 Å². The van der Waals surface area contributed by atoms with Gasteiger partial charge in [-0.05, 0) is 43.2 Å². The monoisotopic (exact) mass is 328 g/mol. The molecular formula is C18H20N2O2S. The highest BCUT2D eigenvalue weighted by atomic mass is 32.1. The van der Waals surface area contributed by atoms with Crippen LogP contribution in [0.25, 0.3) is 0 Å². The molecule has 1 fully saturated rings. The van der Waals surface area contributed by atoms with E-state index in [4.69, 9.17) is 0 Å². The number of hydrogen-bond acceptors (Lipinski definition) is 4. The molecule has 5 heteroatoms. The van der Waals surface area contributed by atoms with Gasteiger partial charge in [-0.15, -0.1) is 11.3 Å². The Kier molecular flexibility index (Phi) is 3.70. The normalized spacial score (nSPS) is 23.3. The van der Waals surface area contributed by atoms with Crippen molar-refractivity contribution in [3.8, 4) is 0 Å². The molecule has 1 aromatic heterocycles. The molecule has 1 atom stereocenters. The van der Waals surface area contributed by atoms with Gasteiger partial charge < -0.3 is 10.4 Å². The molecule has 120 valence electrons. The van der Waals surface area contributed by atoms with E-state index in [0.717, 1.165) is 36.9 Å². The lowest BCUT2D eigenvalue weighted by atomic mass is 9.79. The second kappa shape index (κ2) is 5.73. The second-order valence-electron chi connectivity index (χ2n) is 6.57. The first-order valence-corrected chi connectivity index (χ1v) is 9.08. The summed E-state index contributed by atoms with van der Waals surface area (Å²) in [6.07, 6.45) is 4.87. The number of carbonyl (C=O) groups is 1. The molecule has 1 unspecified atom stereocenters. The van der Waals surface area contributed by atoms with Gasteiger partial charge >= 0.3 is 0 Å². The minimum atomic E-state index is -0.963. The molecule has 0 saturated heterocycles. The van der Waals surface area contributed by atoms with E-state index in [2.05, 4.69) is 16.4 Å². The summed E-state index contributed by atoms with van der Waals surface area (Å²) in [5, 5.41) is 14.0. The quantitative estimate of drug-likeness (QED) is 0.907.